The maximum Gasteiger partial charge on any atom is 0.168 e. The number of hydrogen-bond donors (Lipinski definition) is 2. The van der Waals surface area contributed by atoms with Gasteiger partial charge >= 0.3 is 0 Å². The average Bonchev–Trinajstić information content (AvgIpc) is 2.28. The number of nitrogens with zero attached hydrogens (tertiary/aromatic N) is 1. The molecule has 18 heavy (non-hydrogen) atoms. The third kappa shape index (κ3) is 4.69. The first-order chi connectivity index (χ1) is 8.50. The van der Waals surface area contributed by atoms with E-state index in [1.165, 1.54) is 5.39 Å². The molecule has 0 heterocycles. The smallest absolute Gasteiger partial charge is 0.168 e. The summed E-state index contributed by atoms with van der Waals surface area (Å²) in [7, 11) is 6.00. The molecule has 0 saturated heterocycles. The summed E-state index contributed by atoms with van der Waals surface area (Å²) < 4.78 is 0. The second-order valence-electron chi connectivity index (χ2n) is 4.36. The molecule has 2 rings (SSSR count). The molecule has 0 aliphatic heterocycles. The molecule has 3 nitrogen and oxygen atoms in total. The van der Waals surface area contributed by atoms with Crippen LogP contribution in [-0.2, 0) is 0 Å². The molecule has 0 fully saturated rings. The van der Waals surface area contributed by atoms with E-state index < -0.39 is 0 Å². The summed E-state index contributed by atoms with van der Waals surface area (Å²) in [5, 5.41) is 5.55. The van der Waals surface area contributed by atoms with Crippen LogP contribution in [0.2, 0.25) is 0 Å². The molecule has 0 amide bonds. The van der Waals surface area contributed by atoms with Gasteiger partial charge in [0.2, 0.25) is 0 Å². The Morgan fingerprint density at radius 3 is 2.22 bits per heavy atom. The minimum atomic E-state index is 0.293. The highest BCUT2D eigenvalue weighted by atomic mass is 32.1. The van der Waals surface area contributed by atoms with Gasteiger partial charge in [-0.25, -0.2) is 0 Å². The Morgan fingerprint density at radius 2 is 1.61 bits per heavy atom. The summed E-state index contributed by atoms with van der Waals surface area (Å²) >= 11 is 4.81. The molecule has 0 unspecified atom stereocenters. The molecule has 3 N–H and O–H groups in total. The van der Waals surface area contributed by atoms with Crippen LogP contribution in [0.1, 0.15) is 0 Å². The highest BCUT2D eigenvalue weighted by Crippen LogP contribution is 2.22. The van der Waals surface area contributed by atoms with Crippen LogP contribution < -0.4 is 11.1 Å². The SMILES string of the molecule is CN(C)C.NC(=S)Nc1cccc2ccccc12. The van der Waals surface area contributed by atoms with Crippen molar-refractivity contribution < 1.29 is 0 Å². The van der Waals surface area contributed by atoms with Crippen LogP contribution in [0.15, 0.2) is 42.5 Å². The van der Waals surface area contributed by atoms with Gasteiger partial charge in [0.15, 0.2) is 5.11 Å². The lowest BCUT2D eigenvalue weighted by atomic mass is 10.1. The van der Waals surface area contributed by atoms with Crippen molar-refractivity contribution in [1.29, 1.82) is 0 Å². The highest BCUT2D eigenvalue weighted by molar-refractivity contribution is 7.80. The summed E-state index contributed by atoms with van der Waals surface area (Å²) in [5.74, 6) is 0. The summed E-state index contributed by atoms with van der Waals surface area (Å²) in [6.07, 6.45) is 0. The first kappa shape index (κ1) is 14.4. The molecule has 0 saturated carbocycles. The fraction of sp³-hybridized carbons (Fsp3) is 0.214. The van der Waals surface area contributed by atoms with E-state index in [1.807, 2.05) is 56.4 Å². The van der Waals surface area contributed by atoms with Crippen molar-refractivity contribution in [3.63, 3.8) is 0 Å². The molecule has 0 aromatic heterocycles. The van der Waals surface area contributed by atoms with Gasteiger partial charge in [0.05, 0.1) is 0 Å². The molecule has 0 bridgehead atoms. The number of rotatable bonds is 1. The number of benzene rings is 2. The van der Waals surface area contributed by atoms with Gasteiger partial charge in [0.25, 0.3) is 0 Å². The van der Waals surface area contributed by atoms with Gasteiger partial charge in [-0.3, -0.25) is 0 Å². The van der Waals surface area contributed by atoms with Gasteiger partial charge in [-0.05, 0) is 44.8 Å². The third-order valence-electron chi connectivity index (χ3n) is 2.05. The minimum Gasteiger partial charge on any atom is -0.376 e. The zero-order chi connectivity index (χ0) is 13.5. The van der Waals surface area contributed by atoms with Gasteiger partial charge in [0, 0.05) is 11.1 Å². The summed E-state index contributed by atoms with van der Waals surface area (Å²) in [5.41, 5.74) is 6.39. The Balaban J connectivity index is 0.000000357. The average molecular weight is 261 g/mol. The Morgan fingerprint density at radius 1 is 1.06 bits per heavy atom. The monoisotopic (exact) mass is 261 g/mol. The molecule has 0 radical (unpaired) electrons. The van der Waals surface area contributed by atoms with Crippen molar-refractivity contribution in [3.8, 4) is 0 Å². The first-order valence-electron chi connectivity index (χ1n) is 5.66. The molecule has 4 heteroatoms. The van der Waals surface area contributed by atoms with E-state index >= 15 is 0 Å². The van der Waals surface area contributed by atoms with E-state index in [2.05, 4.69) is 17.4 Å². The summed E-state index contributed by atoms with van der Waals surface area (Å²) in [6, 6.07) is 14.1. The van der Waals surface area contributed by atoms with E-state index in [0.717, 1.165) is 11.1 Å². The molecule has 2 aromatic rings. The number of nitrogens with one attached hydrogen (secondary N) is 1. The number of nitrogens with two attached hydrogens (primary N) is 1. The van der Waals surface area contributed by atoms with Crippen molar-refractivity contribution in [2.45, 2.75) is 0 Å². The van der Waals surface area contributed by atoms with Crippen molar-refractivity contribution in [3.05, 3.63) is 42.5 Å². The van der Waals surface area contributed by atoms with Gasteiger partial charge in [0.1, 0.15) is 0 Å². The molecule has 0 aliphatic rings. The van der Waals surface area contributed by atoms with Crippen molar-refractivity contribution >= 4 is 33.8 Å². The van der Waals surface area contributed by atoms with Gasteiger partial charge < -0.3 is 16.0 Å². The maximum atomic E-state index is 5.44. The second-order valence-corrected chi connectivity index (χ2v) is 4.80. The second kappa shape index (κ2) is 6.93. The minimum absolute atomic E-state index is 0.293. The predicted molar refractivity (Wildman–Crippen MR) is 84.0 cm³/mol. The Hall–Kier alpha value is -1.65. The lowest BCUT2D eigenvalue weighted by Gasteiger charge is -2.07. The Bertz CT molecular complexity index is 515. The normalized spacial score (nSPS) is 9.78. The number of anilines is 1. The van der Waals surface area contributed by atoms with Gasteiger partial charge in [-0.1, -0.05) is 36.4 Å². The zero-order valence-corrected chi connectivity index (χ0v) is 11.8. The molecule has 0 atom stereocenters. The molecule has 0 aliphatic carbocycles. The van der Waals surface area contributed by atoms with Crippen LogP contribution in [0.5, 0.6) is 0 Å². The van der Waals surface area contributed by atoms with Gasteiger partial charge in [-0.2, -0.15) is 0 Å². The van der Waals surface area contributed by atoms with E-state index in [0.29, 0.717) is 5.11 Å². The van der Waals surface area contributed by atoms with Crippen molar-refractivity contribution in [1.82, 2.24) is 4.90 Å². The quantitative estimate of drug-likeness (QED) is 0.774. The van der Waals surface area contributed by atoms with Gasteiger partial charge in [-0.15, -0.1) is 0 Å². The van der Waals surface area contributed by atoms with Crippen LogP contribution >= 0.6 is 12.2 Å². The molecule has 0 spiro atoms. The first-order valence-corrected chi connectivity index (χ1v) is 6.06. The number of thiocarbonyl (C=S) groups is 1. The largest absolute Gasteiger partial charge is 0.376 e. The lowest BCUT2D eigenvalue weighted by molar-refractivity contribution is 0.505. The molecular formula is C14H19N3S. The number of hydrogen-bond acceptors (Lipinski definition) is 2. The predicted octanol–water partition coefficient (Wildman–Crippen LogP) is 2.67. The van der Waals surface area contributed by atoms with Crippen molar-refractivity contribution in [2.24, 2.45) is 5.73 Å². The Kier molecular flexibility index (Phi) is 5.55. The molecular weight excluding hydrogens is 242 g/mol. The van der Waals surface area contributed by atoms with E-state index in [4.69, 9.17) is 18.0 Å². The fourth-order valence-corrected chi connectivity index (χ4v) is 1.58. The number of fused-ring (bicyclic) bond motifs is 1. The van der Waals surface area contributed by atoms with E-state index in [1.54, 1.807) is 0 Å². The lowest BCUT2D eigenvalue weighted by Crippen LogP contribution is -2.18. The summed E-state index contributed by atoms with van der Waals surface area (Å²) in [4.78, 5) is 2.00. The molecule has 2 aromatic carbocycles. The zero-order valence-electron chi connectivity index (χ0n) is 11.0. The third-order valence-corrected chi connectivity index (χ3v) is 2.15. The van der Waals surface area contributed by atoms with Crippen LogP contribution in [0.25, 0.3) is 10.8 Å². The van der Waals surface area contributed by atoms with E-state index in [-0.39, 0.29) is 0 Å². The van der Waals surface area contributed by atoms with Crippen LogP contribution in [0.4, 0.5) is 5.69 Å². The van der Waals surface area contributed by atoms with Crippen LogP contribution in [-0.4, -0.2) is 31.2 Å². The molecule has 96 valence electrons. The highest BCUT2D eigenvalue weighted by Gasteiger charge is 1.99. The van der Waals surface area contributed by atoms with Crippen LogP contribution in [0.3, 0.4) is 0 Å². The maximum absolute atomic E-state index is 5.44. The van der Waals surface area contributed by atoms with E-state index in [9.17, 15) is 0 Å². The summed E-state index contributed by atoms with van der Waals surface area (Å²) in [6.45, 7) is 0. The van der Waals surface area contributed by atoms with Crippen molar-refractivity contribution in [2.75, 3.05) is 26.5 Å². The topological polar surface area (TPSA) is 41.3 Å². The Labute approximate surface area is 114 Å². The van der Waals surface area contributed by atoms with Crippen LogP contribution in [0, 0.1) is 0 Å². The fourth-order valence-electron chi connectivity index (χ4n) is 1.47. The standard InChI is InChI=1S/C11H10N2S.C3H9N/c12-11(14)13-10-7-3-5-8-4-1-2-6-9(8)10;1-4(2)3/h1-7H,(H3,12,13,14);1-3H3.